The second-order valence-corrected chi connectivity index (χ2v) is 11.5. The first-order chi connectivity index (χ1) is 19.2. The molecule has 3 N–H and O–H groups in total. The van der Waals surface area contributed by atoms with Gasteiger partial charge in [-0.3, -0.25) is 19.3 Å². The lowest BCUT2D eigenvalue weighted by molar-refractivity contribution is -0.146. The molecule has 5 rings (SSSR count). The first-order valence-corrected chi connectivity index (χ1v) is 14.5. The van der Waals surface area contributed by atoms with Crippen molar-refractivity contribution in [2.45, 2.75) is 50.9 Å². The Morgan fingerprint density at radius 1 is 1.15 bits per heavy atom. The van der Waals surface area contributed by atoms with Crippen molar-refractivity contribution in [2.75, 3.05) is 64.5 Å². The van der Waals surface area contributed by atoms with Gasteiger partial charge < -0.3 is 34.9 Å². The average Bonchev–Trinajstić information content (AvgIpc) is 3.45. The fourth-order valence-corrected chi connectivity index (χ4v) is 7.20. The topological polar surface area (TPSA) is 130 Å². The summed E-state index contributed by atoms with van der Waals surface area (Å²) in [5, 5.41) is 15.6. The Kier molecular flexibility index (Phi) is 8.37. The van der Waals surface area contributed by atoms with Gasteiger partial charge in [0.2, 0.25) is 17.7 Å². The number of aliphatic hydroxyl groups is 1. The Hall–Kier alpha value is -2.73. The largest absolute Gasteiger partial charge is 0.494 e. The molecule has 0 aromatic heterocycles. The van der Waals surface area contributed by atoms with Crippen LogP contribution in [0.1, 0.15) is 33.6 Å². The van der Waals surface area contributed by atoms with Gasteiger partial charge in [0.05, 0.1) is 37.3 Å². The highest BCUT2D eigenvalue weighted by atomic mass is 16.5. The SMILES string of the molecule is CCOc1ccc(NC(=O)[C@@H]2[C@H]3C(=O)N(CCCO)C(C(=O)NCCN4CCOCC4)C34CC(C)[C@@]2(C)O4)cc1. The zero-order valence-electron chi connectivity index (χ0n) is 23.7. The van der Waals surface area contributed by atoms with Crippen molar-refractivity contribution < 1.29 is 33.7 Å². The predicted molar refractivity (Wildman–Crippen MR) is 147 cm³/mol. The fourth-order valence-electron chi connectivity index (χ4n) is 7.20. The van der Waals surface area contributed by atoms with Crippen molar-refractivity contribution in [3.63, 3.8) is 0 Å². The van der Waals surface area contributed by atoms with Crippen LogP contribution in [0.5, 0.6) is 5.75 Å². The van der Waals surface area contributed by atoms with Gasteiger partial charge in [-0.1, -0.05) is 6.92 Å². The molecule has 2 bridgehead atoms. The van der Waals surface area contributed by atoms with E-state index in [4.69, 9.17) is 14.2 Å². The lowest BCUT2D eigenvalue weighted by Gasteiger charge is -2.36. The molecule has 0 radical (unpaired) electrons. The number of nitrogens with one attached hydrogen (secondary N) is 2. The van der Waals surface area contributed by atoms with E-state index in [-0.39, 0.29) is 36.8 Å². The van der Waals surface area contributed by atoms with Crippen molar-refractivity contribution in [3.8, 4) is 5.75 Å². The van der Waals surface area contributed by atoms with Crippen LogP contribution in [0.2, 0.25) is 0 Å². The molecule has 40 heavy (non-hydrogen) atoms. The smallest absolute Gasteiger partial charge is 0.245 e. The van der Waals surface area contributed by atoms with Crippen molar-refractivity contribution in [1.82, 2.24) is 15.1 Å². The van der Waals surface area contributed by atoms with E-state index in [0.29, 0.717) is 57.2 Å². The minimum atomic E-state index is -1.11. The molecule has 6 atom stereocenters. The molecule has 0 saturated carbocycles. The lowest BCUT2D eigenvalue weighted by Crippen LogP contribution is -2.56. The quantitative estimate of drug-likeness (QED) is 0.365. The zero-order valence-corrected chi connectivity index (χ0v) is 23.7. The number of aliphatic hydroxyl groups excluding tert-OH is 1. The summed E-state index contributed by atoms with van der Waals surface area (Å²) in [7, 11) is 0. The Labute approximate surface area is 235 Å². The molecule has 4 aliphatic heterocycles. The number of benzene rings is 1. The van der Waals surface area contributed by atoms with E-state index in [9.17, 15) is 19.5 Å². The number of hydrogen-bond acceptors (Lipinski definition) is 8. The number of fused-ring (bicyclic) bond motifs is 1. The van der Waals surface area contributed by atoms with Crippen LogP contribution >= 0.6 is 0 Å². The zero-order chi connectivity index (χ0) is 28.5. The normalized spacial score (nSPS) is 33.2. The standard InChI is InChI=1S/C29H42N4O7/c1-4-39-21-8-6-20(7-9-21)31-25(35)22-23-27(37)33(11-5-15-34)24(29(23)18-19(2)28(22,3)40-29)26(36)30-10-12-32-13-16-38-17-14-32/h6-9,19,22-24,34H,4-5,10-18H2,1-3H3,(H,30,36)(H,31,35)/t19?,22-,23-,24?,28+,29?/m0/s1. The highest BCUT2D eigenvalue weighted by Crippen LogP contribution is 2.65. The molecule has 11 nitrogen and oxygen atoms in total. The first-order valence-electron chi connectivity index (χ1n) is 14.5. The molecular formula is C29H42N4O7. The predicted octanol–water partition coefficient (Wildman–Crippen LogP) is 0.865. The van der Waals surface area contributed by atoms with Gasteiger partial charge >= 0.3 is 0 Å². The molecular weight excluding hydrogens is 516 g/mol. The lowest BCUT2D eigenvalue weighted by atomic mass is 9.62. The number of likely N-dealkylation sites (tertiary alicyclic amines) is 1. The maximum Gasteiger partial charge on any atom is 0.245 e. The summed E-state index contributed by atoms with van der Waals surface area (Å²) in [4.78, 5) is 45.4. The van der Waals surface area contributed by atoms with Gasteiger partial charge in [0.25, 0.3) is 0 Å². The maximum absolute atomic E-state index is 14.0. The molecule has 11 heteroatoms. The summed E-state index contributed by atoms with van der Waals surface area (Å²) in [6, 6.07) is 6.25. The number of ether oxygens (including phenoxy) is 3. The highest BCUT2D eigenvalue weighted by Gasteiger charge is 2.79. The fraction of sp³-hybridized carbons (Fsp3) is 0.690. The van der Waals surface area contributed by atoms with Crippen molar-refractivity contribution in [1.29, 1.82) is 0 Å². The van der Waals surface area contributed by atoms with Gasteiger partial charge in [-0.2, -0.15) is 0 Å². The van der Waals surface area contributed by atoms with E-state index in [1.807, 2.05) is 20.8 Å². The van der Waals surface area contributed by atoms with E-state index in [1.54, 1.807) is 29.2 Å². The van der Waals surface area contributed by atoms with E-state index >= 15 is 0 Å². The van der Waals surface area contributed by atoms with Crippen LogP contribution in [-0.2, 0) is 23.9 Å². The van der Waals surface area contributed by atoms with Crippen molar-refractivity contribution >= 4 is 23.4 Å². The number of amides is 3. The van der Waals surface area contributed by atoms with Crippen LogP contribution in [0.4, 0.5) is 5.69 Å². The monoisotopic (exact) mass is 558 g/mol. The first kappa shape index (κ1) is 28.8. The molecule has 3 amide bonds. The third kappa shape index (κ3) is 4.97. The summed E-state index contributed by atoms with van der Waals surface area (Å²) >= 11 is 0. The van der Waals surface area contributed by atoms with Crippen LogP contribution in [0.15, 0.2) is 24.3 Å². The van der Waals surface area contributed by atoms with E-state index < -0.39 is 29.1 Å². The van der Waals surface area contributed by atoms with Gasteiger partial charge in [0, 0.05) is 45.0 Å². The van der Waals surface area contributed by atoms with E-state index in [2.05, 4.69) is 15.5 Å². The van der Waals surface area contributed by atoms with Crippen LogP contribution < -0.4 is 15.4 Å². The van der Waals surface area contributed by atoms with Crippen LogP contribution in [-0.4, -0.2) is 109 Å². The van der Waals surface area contributed by atoms with Crippen molar-refractivity contribution in [3.05, 3.63) is 24.3 Å². The number of anilines is 1. The Morgan fingerprint density at radius 2 is 1.88 bits per heavy atom. The number of carbonyl (C=O) groups excluding carboxylic acids is 3. The molecule has 4 fully saturated rings. The van der Waals surface area contributed by atoms with Gasteiger partial charge in [-0.15, -0.1) is 0 Å². The summed E-state index contributed by atoms with van der Waals surface area (Å²) in [5.41, 5.74) is -1.41. The van der Waals surface area contributed by atoms with E-state index in [0.717, 1.165) is 13.1 Å². The molecule has 0 aliphatic carbocycles. The van der Waals surface area contributed by atoms with Gasteiger partial charge in [-0.05, 0) is 56.9 Å². The third-order valence-electron chi connectivity index (χ3n) is 9.17. The molecule has 4 heterocycles. The molecule has 1 spiro atoms. The molecule has 1 aromatic carbocycles. The summed E-state index contributed by atoms with van der Waals surface area (Å²) < 4.78 is 17.6. The summed E-state index contributed by atoms with van der Waals surface area (Å²) in [6.07, 6.45) is 0.839. The summed E-state index contributed by atoms with van der Waals surface area (Å²) in [6.45, 7) is 10.6. The van der Waals surface area contributed by atoms with Crippen LogP contribution in [0.25, 0.3) is 0 Å². The second kappa shape index (κ2) is 11.6. The molecule has 220 valence electrons. The molecule has 4 saturated heterocycles. The molecule has 4 aliphatic rings. The number of hydrogen-bond donors (Lipinski definition) is 3. The highest BCUT2D eigenvalue weighted by molar-refractivity contribution is 6.02. The Bertz CT molecular complexity index is 1090. The maximum atomic E-state index is 14.0. The second-order valence-electron chi connectivity index (χ2n) is 11.5. The van der Waals surface area contributed by atoms with Gasteiger partial charge in [0.15, 0.2) is 0 Å². The number of nitrogens with zero attached hydrogens (tertiary/aromatic N) is 2. The van der Waals surface area contributed by atoms with Crippen LogP contribution in [0.3, 0.4) is 0 Å². The Morgan fingerprint density at radius 3 is 2.55 bits per heavy atom. The average molecular weight is 559 g/mol. The Balaban J connectivity index is 1.38. The number of rotatable bonds is 11. The van der Waals surface area contributed by atoms with Crippen molar-refractivity contribution in [2.24, 2.45) is 17.8 Å². The minimum absolute atomic E-state index is 0.0472. The molecule has 3 unspecified atom stereocenters. The number of carbonyl (C=O) groups is 3. The van der Waals surface area contributed by atoms with E-state index in [1.165, 1.54) is 0 Å². The van der Waals surface area contributed by atoms with Gasteiger partial charge in [-0.25, -0.2) is 0 Å². The third-order valence-corrected chi connectivity index (χ3v) is 9.17. The summed E-state index contributed by atoms with van der Waals surface area (Å²) in [5.74, 6) is -1.72. The molecule has 1 aromatic rings. The minimum Gasteiger partial charge on any atom is -0.494 e. The van der Waals surface area contributed by atoms with Crippen LogP contribution in [0, 0.1) is 17.8 Å². The number of morpholine rings is 1. The van der Waals surface area contributed by atoms with Gasteiger partial charge in [0.1, 0.15) is 17.4 Å².